The number of fused-ring (bicyclic) bond motifs is 1. The van der Waals surface area contributed by atoms with Crippen molar-refractivity contribution in [2.75, 3.05) is 6.54 Å². The van der Waals surface area contributed by atoms with Crippen molar-refractivity contribution in [1.82, 2.24) is 25.9 Å². The second kappa shape index (κ2) is 15.7. The Bertz CT molecular complexity index is 1500. The molecule has 44 heavy (non-hydrogen) atoms. The molecule has 1 aliphatic carbocycles. The summed E-state index contributed by atoms with van der Waals surface area (Å²) in [5.74, 6) is -0.110. The van der Waals surface area contributed by atoms with Crippen molar-refractivity contribution in [1.29, 1.82) is 0 Å². The normalized spacial score (nSPS) is 14.8. The van der Waals surface area contributed by atoms with Gasteiger partial charge in [-0.25, -0.2) is 9.78 Å². The summed E-state index contributed by atoms with van der Waals surface area (Å²) in [6.45, 7) is 0.628. The summed E-state index contributed by atoms with van der Waals surface area (Å²) in [5, 5.41) is 10.7. The summed E-state index contributed by atoms with van der Waals surface area (Å²) >= 11 is 0. The summed E-state index contributed by atoms with van der Waals surface area (Å²) in [6.07, 6.45) is 10.0. The predicted octanol–water partition coefficient (Wildman–Crippen LogP) is 5.21. The quantitative estimate of drug-likeness (QED) is 0.169. The molecule has 1 aromatic heterocycles. The predicted molar refractivity (Wildman–Crippen MR) is 170 cm³/mol. The minimum Gasteiger partial charge on any atom is -0.445 e. The van der Waals surface area contributed by atoms with Gasteiger partial charge in [0.05, 0.1) is 6.33 Å². The van der Waals surface area contributed by atoms with Crippen LogP contribution in [-0.2, 0) is 33.8 Å². The summed E-state index contributed by atoms with van der Waals surface area (Å²) in [7, 11) is 0. The lowest BCUT2D eigenvalue weighted by Crippen LogP contribution is -2.55. The molecule has 5 rings (SSSR count). The first-order valence-electron chi connectivity index (χ1n) is 15.5. The number of ether oxygens (including phenoxy) is 1. The molecule has 3 amide bonds. The first kappa shape index (κ1) is 30.8. The third-order valence-corrected chi connectivity index (χ3v) is 8.31. The number of aromatic amines is 1. The number of H-pyrrole nitrogens is 1. The third kappa shape index (κ3) is 8.92. The Morgan fingerprint density at radius 1 is 0.841 bits per heavy atom. The van der Waals surface area contributed by atoms with E-state index in [2.05, 4.69) is 25.9 Å². The number of nitrogens with one attached hydrogen (secondary N) is 4. The van der Waals surface area contributed by atoms with Gasteiger partial charge in [-0.1, -0.05) is 105 Å². The monoisotopic (exact) mass is 595 g/mol. The Balaban J connectivity index is 1.30. The van der Waals surface area contributed by atoms with E-state index in [0.29, 0.717) is 12.5 Å². The molecular weight excluding hydrogens is 554 g/mol. The molecule has 0 radical (unpaired) electrons. The second-order valence-electron chi connectivity index (χ2n) is 11.5. The van der Waals surface area contributed by atoms with Crippen LogP contribution >= 0.6 is 0 Å². The lowest BCUT2D eigenvalue weighted by atomic mass is 9.87. The van der Waals surface area contributed by atoms with E-state index in [0.717, 1.165) is 34.0 Å². The van der Waals surface area contributed by atoms with E-state index >= 15 is 0 Å². The van der Waals surface area contributed by atoms with Gasteiger partial charge in [0.1, 0.15) is 18.7 Å². The largest absolute Gasteiger partial charge is 0.445 e. The fraction of sp³-hybridized carbons (Fsp3) is 0.371. The number of hydrogen-bond acceptors (Lipinski definition) is 5. The molecule has 1 aliphatic rings. The number of hydrogen-bond donors (Lipinski definition) is 4. The van der Waals surface area contributed by atoms with Gasteiger partial charge in [0.25, 0.3) is 0 Å². The number of alkyl carbamates (subject to hydrolysis) is 1. The Morgan fingerprint density at radius 2 is 1.59 bits per heavy atom. The summed E-state index contributed by atoms with van der Waals surface area (Å²) in [4.78, 5) is 47.3. The highest BCUT2D eigenvalue weighted by molar-refractivity contribution is 5.92. The van der Waals surface area contributed by atoms with Gasteiger partial charge in [0.15, 0.2) is 0 Å². The number of rotatable bonds is 13. The van der Waals surface area contributed by atoms with E-state index in [1.165, 1.54) is 32.1 Å². The topological polar surface area (TPSA) is 125 Å². The fourth-order valence-electron chi connectivity index (χ4n) is 5.90. The van der Waals surface area contributed by atoms with Crippen LogP contribution in [0.5, 0.6) is 0 Å². The van der Waals surface area contributed by atoms with Crippen molar-refractivity contribution in [2.24, 2.45) is 5.92 Å². The highest BCUT2D eigenvalue weighted by atomic mass is 16.5. The summed E-state index contributed by atoms with van der Waals surface area (Å²) in [6, 6.07) is 21.3. The molecule has 9 heteroatoms. The minimum absolute atomic E-state index is 0.0706. The molecule has 9 nitrogen and oxygen atoms in total. The van der Waals surface area contributed by atoms with Gasteiger partial charge in [0.2, 0.25) is 11.8 Å². The van der Waals surface area contributed by atoms with Crippen molar-refractivity contribution in [3.8, 4) is 0 Å². The van der Waals surface area contributed by atoms with E-state index in [1.807, 2.05) is 72.8 Å². The van der Waals surface area contributed by atoms with E-state index in [4.69, 9.17) is 4.74 Å². The van der Waals surface area contributed by atoms with Gasteiger partial charge < -0.3 is 25.7 Å². The van der Waals surface area contributed by atoms with Gasteiger partial charge >= 0.3 is 6.09 Å². The van der Waals surface area contributed by atoms with Crippen molar-refractivity contribution >= 4 is 28.7 Å². The Hall–Kier alpha value is -4.66. The lowest BCUT2D eigenvalue weighted by molar-refractivity contribution is -0.130. The molecular formula is C35H41N5O4. The van der Waals surface area contributed by atoms with Crippen molar-refractivity contribution < 1.29 is 19.1 Å². The second-order valence-corrected chi connectivity index (χ2v) is 11.5. The Morgan fingerprint density at radius 3 is 2.39 bits per heavy atom. The maximum atomic E-state index is 13.9. The minimum atomic E-state index is -0.983. The highest BCUT2D eigenvalue weighted by Gasteiger charge is 2.28. The molecule has 1 heterocycles. The molecule has 0 aliphatic heterocycles. The molecule has 1 fully saturated rings. The number of carbonyl (C=O) groups excluding carboxylic acids is 3. The molecule has 3 aromatic carbocycles. The zero-order valence-corrected chi connectivity index (χ0v) is 25.0. The highest BCUT2D eigenvalue weighted by Crippen LogP contribution is 2.25. The Kier molecular flexibility index (Phi) is 11.0. The number of nitrogens with zero attached hydrogens (tertiary/aromatic N) is 1. The number of amides is 3. The number of carbonyl (C=O) groups is 3. The molecule has 230 valence electrons. The average Bonchev–Trinajstić information content (AvgIpc) is 3.57. The van der Waals surface area contributed by atoms with Crippen molar-refractivity contribution in [2.45, 2.75) is 70.1 Å². The first-order chi connectivity index (χ1) is 21.5. The van der Waals surface area contributed by atoms with Crippen LogP contribution in [0.25, 0.3) is 10.8 Å². The molecule has 0 saturated heterocycles. The van der Waals surface area contributed by atoms with Gasteiger partial charge in [-0.05, 0) is 34.2 Å². The van der Waals surface area contributed by atoms with Crippen LogP contribution in [-0.4, -0.2) is 46.5 Å². The molecule has 4 aromatic rings. The molecule has 1 unspecified atom stereocenters. The number of aromatic nitrogens is 2. The molecule has 0 bridgehead atoms. The van der Waals surface area contributed by atoms with Gasteiger partial charge in [-0.3, -0.25) is 9.59 Å². The first-order valence-corrected chi connectivity index (χ1v) is 15.5. The van der Waals surface area contributed by atoms with Crippen molar-refractivity contribution in [3.05, 3.63) is 102 Å². The van der Waals surface area contributed by atoms with E-state index in [9.17, 15) is 14.4 Å². The summed E-state index contributed by atoms with van der Waals surface area (Å²) in [5.41, 5.74) is 2.45. The van der Waals surface area contributed by atoms with E-state index in [1.54, 1.807) is 12.5 Å². The average molecular weight is 596 g/mol. The smallest absolute Gasteiger partial charge is 0.408 e. The molecule has 1 saturated carbocycles. The van der Waals surface area contributed by atoms with Crippen LogP contribution in [0.4, 0.5) is 4.79 Å². The van der Waals surface area contributed by atoms with Gasteiger partial charge in [-0.15, -0.1) is 0 Å². The Labute approximate surface area is 258 Å². The molecule has 4 N–H and O–H groups in total. The number of benzene rings is 3. The van der Waals surface area contributed by atoms with Crippen LogP contribution in [0.2, 0.25) is 0 Å². The summed E-state index contributed by atoms with van der Waals surface area (Å²) < 4.78 is 5.46. The zero-order valence-electron chi connectivity index (χ0n) is 25.0. The maximum absolute atomic E-state index is 13.9. The third-order valence-electron chi connectivity index (χ3n) is 8.31. The van der Waals surface area contributed by atoms with Crippen LogP contribution in [0.15, 0.2) is 85.3 Å². The SMILES string of the molecule is O=C(NC(Cc1cccc2ccccc12)C(=O)N[C@@H](Cc1cnc[nH]1)C(=O)NCCC1CCCCC1)OCc1ccccc1. The van der Waals surface area contributed by atoms with Crippen LogP contribution < -0.4 is 16.0 Å². The van der Waals surface area contributed by atoms with Crippen LogP contribution in [0.3, 0.4) is 0 Å². The van der Waals surface area contributed by atoms with Crippen LogP contribution in [0, 0.1) is 5.92 Å². The van der Waals surface area contributed by atoms with E-state index in [-0.39, 0.29) is 25.4 Å². The van der Waals surface area contributed by atoms with Crippen LogP contribution in [0.1, 0.15) is 55.3 Å². The fourth-order valence-corrected chi connectivity index (χ4v) is 5.90. The van der Waals surface area contributed by atoms with Gasteiger partial charge in [0, 0.05) is 31.3 Å². The maximum Gasteiger partial charge on any atom is 0.408 e. The van der Waals surface area contributed by atoms with Crippen molar-refractivity contribution in [3.63, 3.8) is 0 Å². The molecule has 0 spiro atoms. The standard InChI is InChI=1S/C35H41N5O4/c41-33(37-19-18-25-10-3-1-4-11-25)32(21-29-22-36-24-38-29)39-34(42)31(40-35(43)44-23-26-12-5-2-6-13-26)20-28-16-9-15-27-14-7-8-17-30(27)28/h2,5-9,12-17,22,24-25,31-32H,1,3-4,10-11,18-21,23H2,(H,36,38)(H,37,41)(H,39,42)(H,40,43)/t31?,32-/m0/s1. The van der Waals surface area contributed by atoms with Gasteiger partial charge in [-0.2, -0.15) is 0 Å². The lowest BCUT2D eigenvalue weighted by Gasteiger charge is -2.24. The number of imidazole rings is 1. The van der Waals surface area contributed by atoms with E-state index < -0.39 is 24.1 Å². The molecule has 2 atom stereocenters. The zero-order chi connectivity index (χ0) is 30.6.